The van der Waals surface area contributed by atoms with Gasteiger partial charge >= 0.3 is 6.18 Å². The fourth-order valence-corrected chi connectivity index (χ4v) is 2.14. The van der Waals surface area contributed by atoms with Gasteiger partial charge in [-0.05, 0) is 18.6 Å². The lowest BCUT2D eigenvalue weighted by Gasteiger charge is -2.32. The molecule has 5 nitrogen and oxygen atoms in total. The Hall–Kier alpha value is -2.35. The smallest absolute Gasteiger partial charge is 0.348 e. The Balaban J connectivity index is 2.00. The van der Waals surface area contributed by atoms with Crippen LogP contribution in [0.4, 0.5) is 13.2 Å². The predicted molar refractivity (Wildman–Crippen MR) is 84.8 cm³/mol. The van der Waals surface area contributed by atoms with Crippen molar-refractivity contribution in [2.75, 3.05) is 0 Å². The summed E-state index contributed by atoms with van der Waals surface area (Å²) in [5.74, 6) is 0.273. The monoisotopic (exact) mass is 340 g/mol. The van der Waals surface area contributed by atoms with Gasteiger partial charge in [0, 0.05) is 19.2 Å². The Morgan fingerprint density at radius 1 is 1.38 bits per heavy atom. The van der Waals surface area contributed by atoms with Crippen LogP contribution in [0.2, 0.25) is 0 Å². The SMILES string of the molecule is CCC(=O)NC1=CN=CC(C)(NCc2cccc(C(F)(F)F)c2)N1. The average molecular weight is 340 g/mol. The molecule has 0 bridgehead atoms. The van der Waals surface area contributed by atoms with Crippen molar-refractivity contribution >= 4 is 12.1 Å². The van der Waals surface area contributed by atoms with Crippen LogP contribution >= 0.6 is 0 Å². The van der Waals surface area contributed by atoms with E-state index < -0.39 is 17.4 Å². The van der Waals surface area contributed by atoms with E-state index in [1.165, 1.54) is 12.3 Å². The first-order valence-electron chi connectivity index (χ1n) is 7.45. The van der Waals surface area contributed by atoms with Crippen molar-refractivity contribution in [3.63, 3.8) is 0 Å². The number of carbonyl (C=O) groups excluding carboxylic acids is 1. The molecule has 8 heteroatoms. The molecule has 1 heterocycles. The molecule has 1 atom stereocenters. The molecule has 0 radical (unpaired) electrons. The minimum atomic E-state index is -4.37. The molecule has 1 amide bonds. The molecule has 0 fully saturated rings. The molecule has 1 aliphatic rings. The van der Waals surface area contributed by atoms with Crippen molar-refractivity contribution in [2.24, 2.45) is 4.99 Å². The topological polar surface area (TPSA) is 65.5 Å². The summed E-state index contributed by atoms with van der Waals surface area (Å²) in [6, 6.07) is 5.12. The van der Waals surface area contributed by atoms with Crippen LogP contribution < -0.4 is 16.0 Å². The van der Waals surface area contributed by atoms with Gasteiger partial charge < -0.3 is 10.6 Å². The first-order valence-corrected chi connectivity index (χ1v) is 7.45. The van der Waals surface area contributed by atoms with Gasteiger partial charge in [-0.15, -0.1) is 0 Å². The molecule has 24 heavy (non-hydrogen) atoms. The van der Waals surface area contributed by atoms with Crippen LogP contribution in [0.3, 0.4) is 0 Å². The number of rotatable bonds is 5. The quantitative estimate of drug-likeness (QED) is 0.772. The van der Waals surface area contributed by atoms with Crippen molar-refractivity contribution in [3.8, 4) is 0 Å². The van der Waals surface area contributed by atoms with Gasteiger partial charge in [0.05, 0.1) is 11.8 Å². The number of nitrogens with zero attached hydrogens (tertiary/aromatic N) is 1. The Morgan fingerprint density at radius 2 is 2.12 bits per heavy atom. The summed E-state index contributed by atoms with van der Waals surface area (Å²) in [5, 5.41) is 8.81. The third-order valence-corrected chi connectivity index (χ3v) is 3.44. The molecule has 1 aromatic carbocycles. The van der Waals surface area contributed by atoms with Gasteiger partial charge in [0.1, 0.15) is 11.5 Å². The van der Waals surface area contributed by atoms with E-state index in [2.05, 4.69) is 20.9 Å². The van der Waals surface area contributed by atoms with Crippen LogP contribution in [0, 0.1) is 0 Å². The van der Waals surface area contributed by atoms with Crippen LogP contribution in [0.25, 0.3) is 0 Å². The summed E-state index contributed by atoms with van der Waals surface area (Å²) in [6.45, 7) is 3.71. The summed E-state index contributed by atoms with van der Waals surface area (Å²) < 4.78 is 38.2. The summed E-state index contributed by atoms with van der Waals surface area (Å²) >= 11 is 0. The Kier molecular flexibility index (Phi) is 5.28. The highest BCUT2D eigenvalue weighted by Crippen LogP contribution is 2.29. The molecule has 1 aliphatic heterocycles. The number of amides is 1. The molecular weight excluding hydrogens is 321 g/mol. The second-order valence-electron chi connectivity index (χ2n) is 5.60. The van der Waals surface area contributed by atoms with Crippen LogP contribution in [-0.4, -0.2) is 17.8 Å². The van der Waals surface area contributed by atoms with E-state index in [0.717, 1.165) is 12.1 Å². The molecule has 130 valence electrons. The van der Waals surface area contributed by atoms with Gasteiger partial charge in [0.25, 0.3) is 0 Å². The molecule has 0 saturated heterocycles. The van der Waals surface area contributed by atoms with Gasteiger partial charge in [-0.25, -0.2) is 0 Å². The fourth-order valence-electron chi connectivity index (χ4n) is 2.14. The summed E-state index contributed by atoms with van der Waals surface area (Å²) in [5.41, 5.74) is -0.984. The van der Waals surface area contributed by atoms with Crippen LogP contribution in [0.5, 0.6) is 0 Å². The normalized spacial score (nSPS) is 20.3. The minimum Gasteiger partial charge on any atom is -0.348 e. The molecule has 0 aliphatic carbocycles. The predicted octanol–water partition coefficient (Wildman–Crippen LogP) is 2.51. The molecule has 0 spiro atoms. The molecule has 1 unspecified atom stereocenters. The first kappa shape index (κ1) is 18.0. The lowest BCUT2D eigenvalue weighted by molar-refractivity contribution is -0.137. The maximum atomic E-state index is 12.7. The molecular formula is C16H19F3N4O. The van der Waals surface area contributed by atoms with E-state index >= 15 is 0 Å². The number of hydrogen-bond donors (Lipinski definition) is 3. The van der Waals surface area contributed by atoms with Crippen molar-refractivity contribution in [3.05, 3.63) is 47.4 Å². The van der Waals surface area contributed by atoms with Gasteiger partial charge in [0.2, 0.25) is 5.91 Å². The highest BCUT2D eigenvalue weighted by molar-refractivity contribution is 5.78. The summed E-state index contributed by atoms with van der Waals surface area (Å²) in [4.78, 5) is 15.5. The second kappa shape index (κ2) is 7.04. The van der Waals surface area contributed by atoms with Crippen molar-refractivity contribution in [1.29, 1.82) is 0 Å². The largest absolute Gasteiger partial charge is 0.416 e. The number of hydrogen-bond acceptors (Lipinski definition) is 4. The third kappa shape index (κ3) is 4.82. The van der Waals surface area contributed by atoms with Crippen molar-refractivity contribution in [1.82, 2.24) is 16.0 Å². The molecule has 2 rings (SSSR count). The Labute approximate surface area is 138 Å². The molecule has 0 saturated carbocycles. The van der Waals surface area contributed by atoms with E-state index in [-0.39, 0.29) is 12.5 Å². The van der Waals surface area contributed by atoms with Gasteiger partial charge in [0.15, 0.2) is 0 Å². The number of carbonyl (C=O) groups is 1. The number of halogens is 3. The van der Waals surface area contributed by atoms with Crippen molar-refractivity contribution in [2.45, 2.75) is 38.7 Å². The second-order valence-corrected chi connectivity index (χ2v) is 5.60. The highest BCUT2D eigenvalue weighted by Gasteiger charge is 2.30. The van der Waals surface area contributed by atoms with E-state index in [9.17, 15) is 18.0 Å². The number of aliphatic imine (C=N–C) groups is 1. The van der Waals surface area contributed by atoms with Crippen molar-refractivity contribution < 1.29 is 18.0 Å². The van der Waals surface area contributed by atoms with Gasteiger partial charge in [-0.3, -0.25) is 15.1 Å². The number of alkyl halides is 3. The van der Waals surface area contributed by atoms with E-state index in [1.807, 2.05) is 0 Å². The third-order valence-electron chi connectivity index (χ3n) is 3.44. The maximum Gasteiger partial charge on any atom is 0.416 e. The minimum absolute atomic E-state index is 0.161. The zero-order chi connectivity index (χ0) is 17.8. The molecule has 1 aromatic rings. The van der Waals surface area contributed by atoms with Gasteiger partial charge in [-0.1, -0.05) is 25.1 Å². The molecule has 3 N–H and O–H groups in total. The Bertz CT molecular complexity index is 670. The van der Waals surface area contributed by atoms with E-state index in [1.54, 1.807) is 26.1 Å². The lowest BCUT2D eigenvalue weighted by Crippen LogP contribution is -2.58. The zero-order valence-corrected chi connectivity index (χ0v) is 13.4. The van der Waals surface area contributed by atoms with E-state index in [4.69, 9.17) is 0 Å². The summed E-state index contributed by atoms with van der Waals surface area (Å²) in [6.07, 6.45) is -0.981. The first-order chi connectivity index (χ1) is 11.2. The summed E-state index contributed by atoms with van der Waals surface area (Å²) in [7, 11) is 0. The van der Waals surface area contributed by atoms with Crippen LogP contribution in [0.1, 0.15) is 31.4 Å². The van der Waals surface area contributed by atoms with E-state index in [0.29, 0.717) is 17.8 Å². The van der Waals surface area contributed by atoms with Crippen LogP contribution in [0.15, 0.2) is 41.3 Å². The Morgan fingerprint density at radius 3 is 2.79 bits per heavy atom. The van der Waals surface area contributed by atoms with Crippen LogP contribution in [-0.2, 0) is 17.5 Å². The number of nitrogens with one attached hydrogen (secondary N) is 3. The standard InChI is InChI=1S/C16H19F3N4O/c1-3-14(24)22-13-9-20-10-15(2,23-13)21-8-11-5-4-6-12(7-11)16(17,18)19/h4-7,9-10,21,23H,3,8H2,1-2H3,(H,22,24). The fraction of sp³-hybridized carbons (Fsp3) is 0.375. The zero-order valence-electron chi connectivity index (χ0n) is 13.4. The molecule has 0 aromatic heterocycles. The number of benzene rings is 1. The highest BCUT2D eigenvalue weighted by atomic mass is 19.4. The average Bonchev–Trinajstić information content (AvgIpc) is 2.52. The lowest BCUT2D eigenvalue weighted by atomic mass is 10.1. The van der Waals surface area contributed by atoms with Gasteiger partial charge in [-0.2, -0.15) is 13.2 Å². The maximum absolute atomic E-state index is 12.7.